The second-order valence-electron chi connectivity index (χ2n) is 2.15. The molecule has 0 unspecified atom stereocenters. The molecular weight excluding hydrogens is 237 g/mol. The lowest BCUT2D eigenvalue weighted by Gasteiger charge is -2.05. The maximum absolute atomic E-state index is 11.7. The van der Waals surface area contributed by atoms with Gasteiger partial charge in [0.2, 0.25) is 5.13 Å². The van der Waals surface area contributed by atoms with E-state index in [-0.39, 0.29) is 5.13 Å². The molecule has 1 aromatic heterocycles. The summed E-state index contributed by atoms with van der Waals surface area (Å²) in [7, 11) is 0. The molecule has 15 heavy (non-hydrogen) atoms. The van der Waals surface area contributed by atoms with Crippen LogP contribution in [-0.4, -0.2) is 28.3 Å². The Balaban J connectivity index is 2.47. The number of urea groups is 1. The Labute approximate surface area is 84.5 Å². The van der Waals surface area contributed by atoms with Gasteiger partial charge in [-0.25, -0.2) is 4.79 Å². The van der Waals surface area contributed by atoms with Crippen molar-refractivity contribution >= 4 is 28.4 Å². The summed E-state index contributed by atoms with van der Waals surface area (Å²) in [4.78, 5) is 21.0. The first-order valence-electron chi connectivity index (χ1n) is 3.35. The molecule has 0 spiro atoms. The molecule has 1 heterocycles. The average Bonchev–Trinajstić information content (AvgIpc) is 2.54. The molecule has 0 saturated carbocycles. The molecule has 1 rings (SSSR count). The second-order valence-corrected chi connectivity index (χ2v) is 2.98. The molecule has 82 valence electrons. The minimum Gasteiger partial charge on any atom is -0.282 e. The molecule has 0 bridgehead atoms. The van der Waals surface area contributed by atoms with Crippen molar-refractivity contribution in [2.45, 2.75) is 6.18 Å². The number of anilines is 1. The minimum atomic E-state index is -5.10. The normalized spacial score (nSPS) is 10.9. The Kier molecular flexibility index (Phi) is 3.19. The van der Waals surface area contributed by atoms with Crippen molar-refractivity contribution in [3.8, 4) is 0 Å². The molecular formula is C5H3F3N4O2S. The van der Waals surface area contributed by atoms with Gasteiger partial charge in [0.1, 0.15) is 5.51 Å². The van der Waals surface area contributed by atoms with Gasteiger partial charge in [-0.2, -0.15) is 13.2 Å². The van der Waals surface area contributed by atoms with Gasteiger partial charge in [0, 0.05) is 0 Å². The van der Waals surface area contributed by atoms with E-state index in [0.717, 1.165) is 16.7 Å². The van der Waals surface area contributed by atoms with Crippen LogP contribution in [0.15, 0.2) is 5.51 Å². The number of hydrogen-bond acceptors (Lipinski definition) is 5. The van der Waals surface area contributed by atoms with Crippen molar-refractivity contribution in [3.63, 3.8) is 0 Å². The number of nitrogens with zero attached hydrogens (tertiary/aromatic N) is 2. The highest BCUT2D eigenvalue weighted by molar-refractivity contribution is 7.13. The molecule has 3 amide bonds. The zero-order valence-corrected chi connectivity index (χ0v) is 7.65. The molecule has 0 atom stereocenters. The number of hydrogen-bond donors (Lipinski definition) is 2. The van der Waals surface area contributed by atoms with Gasteiger partial charge >= 0.3 is 18.1 Å². The Morgan fingerprint density at radius 3 is 2.53 bits per heavy atom. The minimum absolute atomic E-state index is 0.0116. The van der Waals surface area contributed by atoms with Gasteiger partial charge in [-0.05, 0) is 0 Å². The topological polar surface area (TPSA) is 84.0 Å². The third kappa shape index (κ3) is 3.50. The average molecular weight is 240 g/mol. The van der Waals surface area contributed by atoms with Crippen molar-refractivity contribution in [1.29, 1.82) is 0 Å². The van der Waals surface area contributed by atoms with Crippen LogP contribution in [0.4, 0.5) is 23.1 Å². The van der Waals surface area contributed by atoms with Crippen LogP contribution < -0.4 is 10.6 Å². The third-order valence-electron chi connectivity index (χ3n) is 1.07. The molecule has 1 aromatic rings. The molecule has 0 radical (unpaired) electrons. The van der Waals surface area contributed by atoms with Crippen LogP contribution in [0.2, 0.25) is 0 Å². The van der Waals surface area contributed by atoms with E-state index in [2.05, 4.69) is 10.2 Å². The fourth-order valence-electron chi connectivity index (χ4n) is 0.530. The van der Waals surface area contributed by atoms with Gasteiger partial charge in [-0.15, -0.1) is 10.2 Å². The molecule has 0 saturated heterocycles. The summed E-state index contributed by atoms with van der Waals surface area (Å²) in [6.45, 7) is 0. The summed E-state index contributed by atoms with van der Waals surface area (Å²) >= 11 is 0.899. The number of imide groups is 1. The predicted molar refractivity (Wildman–Crippen MR) is 43.1 cm³/mol. The van der Waals surface area contributed by atoms with Crippen LogP contribution in [0.1, 0.15) is 0 Å². The van der Waals surface area contributed by atoms with Crippen LogP contribution in [0.25, 0.3) is 0 Å². The van der Waals surface area contributed by atoms with Gasteiger partial charge in [-0.1, -0.05) is 11.3 Å². The van der Waals surface area contributed by atoms with Crippen LogP contribution in [0.3, 0.4) is 0 Å². The fraction of sp³-hybridized carbons (Fsp3) is 0.200. The number of carbonyl (C=O) groups excluding carboxylic acids is 2. The van der Waals surface area contributed by atoms with Crippen LogP contribution >= 0.6 is 11.3 Å². The van der Waals surface area contributed by atoms with Crippen molar-refractivity contribution in [2.24, 2.45) is 0 Å². The number of nitrogens with one attached hydrogen (secondary N) is 2. The molecule has 6 nitrogen and oxygen atoms in total. The lowest BCUT2D eigenvalue weighted by atomic mass is 10.6. The zero-order chi connectivity index (χ0) is 11.5. The van der Waals surface area contributed by atoms with Crippen molar-refractivity contribution in [1.82, 2.24) is 15.5 Å². The first-order chi connectivity index (χ1) is 6.89. The maximum Gasteiger partial charge on any atom is 0.471 e. The lowest BCUT2D eigenvalue weighted by Crippen LogP contribution is -2.42. The largest absolute Gasteiger partial charge is 0.471 e. The van der Waals surface area contributed by atoms with Gasteiger partial charge in [-0.3, -0.25) is 15.4 Å². The van der Waals surface area contributed by atoms with Crippen LogP contribution in [0, 0.1) is 0 Å². The summed E-state index contributed by atoms with van der Waals surface area (Å²) < 4.78 is 35.0. The Morgan fingerprint density at radius 1 is 1.40 bits per heavy atom. The number of halogens is 3. The molecule has 0 aliphatic rings. The first kappa shape index (κ1) is 11.4. The number of amides is 3. The summed E-state index contributed by atoms with van der Waals surface area (Å²) in [5, 5.41) is 9.62. The Morgan fingerprint density at radius 2 is 2.07 bits per heavy atom. The zero-order valence-electron chi connectivity index (χ0n) is 6.83. The maximum atomic E-state index is 11.7. The Bertz CT molecular complexity index is 363. The van der Waals surface area contributed by atoms with E-state index < -0.39 is 18.1 Å². The summed E-state index contributed by atoms with van der Waals surface area (Å²) in [5.74, 6) is -2.34. The van der Waals surface area contributed by atoms with Gasteiger partial charge in [0.05, 0.1) is 0 Å². The van der Waals surface area contributed by atoms with E-state index in [1.165, 1.54) is 5.51 Å². The van der Waals surface area contributed by atoms with E-state index in [4.69, 9.17) is 0 Å². The highest BCUT2D eigenvalue weighted by atomic mass is 32.1. The van der Waals surface area contributed by atoms with E-state index in [1.807, 2.05) is 5.32 Å². The molecule has 2 N–H and O–H groups in total. The van der Waals surface area contributed by atoms with Crippen LogP contribution in [0.5, 0.6) is 0 Å². The number of rotatable bonds is 1. The van der Waals surface area contributed by atoms with E-state index in [9.17, 15) is 22.8 Å². The van der Waals surface area contributed by atoms with E-state index in [0.29, 0.717) is 0 Å². The van der Waals surface area contributed by atoms with Crippen LogP contribution in [-0.2, 0) is 4.79 Å². The number of alkyl halides is 3. The van der Waals surface area contributed by atoms with Gasteiger partial charge in [0.15, 0.2) is 0 Å². The fourth-order valence-corrected chi connectivity index (χ4v) is 0.970. The highest BCUT2D eigenvalue weighted by Crippen LogP contribution is 2.14. The second kappa shape index (κ2) is 4.21. The van der Waals surface area contributed by atoms with E-state index in [1.54, 1.807) is 0 Å². The number of carbonyl (C=O) groups is 2. The number of aromatic nitrogens is 2. The van der Waals surface area contributed by atoms with Crippen molar-refractivity contribution in [2.75, 3.05) is 5.32 Å². The quantitative estimate of drug-likeness (QED) is 0.758. The van der Waals surface area contributed by atoms with E-state index >= 15 is 0 Å². The molecule has 0 aliphatic heterocycles. The van der Waals surface area contributed by atoms with Crippen molar-refractivity contribution in [3.05, 3.63) is 5.51 Å². The molecule has 0 aliphatic carbocycles. The standard InChI is InChI=1S/C5H3F3N4O2S/c6-5(7,8)2(13)10-3(14)11-4-12-9-1-15-4/h1H,(H2,10,11,12,13,14). The SMILES string of the molecule is O=C(NC(=O)C(F)(F)F)Nc1nncs1. The Hall–Kier alpha value is -1.71. The highest BCUT2D eigenvalue weighted by Gasteiger charge is 2.39. The first-order valence-corrected chi connectivity index (χ1v) is 4.23. The summed E-state index contributed by atoms with van der Waals surface area (Å²) in [6, 6.07) is -1.31. The van der Waals surface area contributed by atoms with Crippen molar-refractivity contribution < 1.29 is 22.8 Å². The third-order valence-corrected chi connectivity index (χ3v) is 1.67. The molecule has 0 fully saturated rings. The van der Waals surface area contributed by atoms with Gasteiger partial charge < -0.3 is 0 Å². The lowest BCUT2D eigenvalue weighted by molar-refractivity contribution is -0.172. The monoisotopic (exact) mass is 240 g/mol. The summed E-state index contributed by atoms with van der Waals surface area (Å²) in [5.41, 5.74) is 1.27. The summed E-state index contributed by atoms with van der Waals surface area (Å²) in [6.07, 6.45) is -5.10. The predicted octanol–water partition coefficient (Wildman–Crippen LogP) is 0.748. The van der Waals surface area contributed by atoms with Gasteiger partial charge in [0.25, 0.3) is 0 Å². The molecule has 0 aromatic carbocycles. The smallest absolute Gasteiger partial charge is 0.282 e. The molecule has 10 heteroatoms.